The Labute approximate surface area is 219 Å². The molecule has 3 unspecified atom stereocenters. The lowest BCUT2D eigenvalue weighted by Gasteiger charge is -2.61. The molecule has 5 fully saturated rings. The van der Waals surface area contributed by atoms with Crippen LogP contribution < -0.4 is 10.6 Å². The number of amides is 1. The molecule has 5 aliphatic rings. The Kier molecular flexibility index (Phi) is 5.55. The minimum atomic E-state index is -4.77. The van der Waals surface area contributed by atoms with Gasteiger partial charge in [-0.3, -0.25) is 9.84 Å². The largest absolute Gasteiger partial charge is 0.522 e. The highest BCUT2D eigenvalue weighted by Gasteiger charge is 2.58. The first-order valence-corrected chi connectivity index (χ1v) is 13.2. The van der Waals surface area contributed by atoms with Gasteiger partial charge in [0.25, 0.3) is 0 Å². The predicted molar refractivity (Wildman–Crippen MR) is 128 cm³/mol. The van der Waals surface area contributed by atoms with Crippen molar-refractivity contribution in [3.05, 3.63) is 35.4 Å². The fourth-order valence-corrected chi connectivity index (χ4v) is 6.05. The lowest BCUT2D eigenvalue weighted by atomic mass is 9.50. The summed E-state index contributed by atoms with van der Waals surface area (Å²) >= 11 is 0. The summed E-state index contributed by atoms with van der Waals surface area (Å²) in [6.45, 7) is -0.724. The van der Waals surface area contributed by atoms with E-state index in [1.807, 2.05) is 0 Å². The number of halogens is 4. The minimum Gasteiger partial charge on any atom is -0.443 e. The van der Waals surface area contributed by atoms with E-state index in [0.717, 1.165) is 37.8 Å². The van der Waals surface area contributed by atoms with Gasteiger partial charge in [0.2, 0.25) is 0 Å². The summed E-state index contributed by atoms with van der Waals surface area (Å²) < 4.78 is 63.7. The molecule has 14 heteroatoms. The van der Waals surface area contributed by atoms with Gasteiger partial charge in [-0.05, 0) is 56.9 Å². The normalized spacial score (nSPS) is 29.6. The van der Waals surface area contributed by atoms with Gasteiger partial charge in [-0.1, -0.05) is 0 Å². The number of anilines is 2. The topological polar surface area (TPSA) is 118 Å². The molecular weight excluding hydrogens is 522 g/mol. The number of rotatable bonds is 8. The van der Waals surface area contributed by atoms with Crippen molar-refractivity contribution in [2.24, 2.45) is 5.92 Å². The first-order valence-electron chi connectivity index (χ1n) is 13.2. The maximum absolute atomic E-state index is 15.3. The summed E-state index contributed by atoms with van der Waals surface area (Å²) in [5, 5.41) is 17.4. The van der Waals surface area contributed by atoms with Crippen molar-refractivity contribution >= 4 is 23.2 Å². The summed E-state index contributed by atoms with van der Waals surface area (Å²) in [6, 6.07) is 3.15. The van der Waals surface area contributed by atoms with Crippen molar-refractivity contribution < 1.29 is 31.8 Å². The number of nitrogens with one attached hydrogen (secondary N) is 3. The van der Waals surface area contributed by atoms with Crippen LogP contribution in [0.3, 0.4) is 0 Å². The molecule has 0 radical (unpaired) electrons. The van der Waals surface area contributed by atoms with Crippen LogP contribution in [0, 0.1) is 5.92 Å². The second kappa shape index (κ2) is 8.80. The molecule has 3 N–H and O–H groups in total. The molecule has 0 aliphatic heterocycles. The maximum Gasteiger partial charge on any atom is 0.522 e. The lowest BCUT2D eigenvalue weighted by molar-refractivity contribution is -0.330. The van der Waals surface area contributed by atoms with Crippen LogP contribution in [0.5, 0.6) is 0 Å². The Balaban J connectivity index is 1.05. The number of aromatic nitrogens is 5. The number of ether oxygens (including phenoxy) is 2. The quantitative estimate of drug-likeness (QED) is 0.340. The maximum atomic E-state index is 15.3. The Bertz CT molecular complexity index is 1400. The first-order chi connectivity index (χ1) is 18.6. The van der Waals surface area contributed by atoms with Gasteiger partial charge in [0.15, 0.2) is 11.6 Å². The zero-order chi connectivity index (χ0) is 26.9. The van der Waals surface area contributed by atoms with Crippen LogP contribution in [0.15, 0.2) is 18.3 Å². The molecule has 0 saturated heterocycles. The molecule has 3 atom stereocenters. The number of nitrogens with zero attached hydrogens (tertiary/aromatic N) is 4. The van der Waals surface area contributed by atoms with Gasteiger partial charge in [-0.2, -0.15) is 10.2 Å². The molecule has 3 heterocycles. The number of alkyl carbamates (subject to hydrolysis) is 1. The Hall–Kier alpha value is -3.42. The number of hydrogen-bond acceptors (Lipinski definition) is 7. The van der Waals surface area contributed by atoms with Crippen LogP contribution in [0.25, 0.3) is 5.52 Å². The molecule has 0 aromatic carbocycles. The van der Waals surface area contributed by atoms with Crippen molar-refractivity contribution in [3.63, 3.8) is 0 Å². The van der Waals surface area contributed by atoms with Crippen molar-refractivity contribution in [1.82, 2.24) is 30.1 Å². The molecule has 3 aromatic heterocycles. The average Bonchev–Trinajstić information content (AvgIpc) is 3.27. The van der Waals surface area contributed by atoms with Crippen molar-refractivity contribution in [1.29, 1.82) is 0 Å². The van der Waals surface area contributed by atoms with E-state index >= 15 is 4.39 Å². The van der Waals surface area contributed by atoms with Crippen LogP contribution in [-0.2, 0) is 16.1 Å². The standard InChI is InChI=1S/C25H27F4N7O3/c26-21-15(3-4-19(21)39-23(37)32-24-7-12(8-24)9-24)16-6-20(34-33-16)31-22-18-5-14(11-38-25(27,28)29)35-36(18)10-17(30-22)13-1-2-13/h5-6,10,12-13,15,19,21H,1-4,7-9,11H2,(H,32,37)(H2,30,31,33,34). The molecule has 1 amide bonds. The monoisotopic (exact) mass is 549 g/mol. The van der Waals surface area contributed by atoms with Crippen LogP contribution in [-0.4, -0.2) is 55.1 Å². The number of alkyl halides is 4. The number of carbonyl (C=O) groups is 1. The third-order valence-corrected chi connectivity index (χ3v) is 8.31. The Morgan fingerprint density at radius 2 is 1.97 bits per heavy atom. The molecule has 8 rings (SSSR count). The minimum absolute atomic E-state index is 0.100. The second-order valence-corrected chi connectivity index (χ2v) is 11.3. The SMILES string of the molecule is O=C(NC12CC(C1)C2)OC1CCC(c2cc(Nc3nc(C4CC4)cn4nc(COC(F)(F)F)cc34)n[nH]2)C1F. The molecule has 10 nitrogen and oxygen atoms in total. The fraction of sp³-hybridized carbons (Fsp3) is 0.600. The van der Waals surface area contributed by atoms with Crippen LogP contribution >= 0.6 is 0 Å². The molecule has 0 spiro atoms. The molecular formula is C25H27F4N7O3. The number of H-pyrrole nitrogens is 1. The Morgan fingerprint density at radius 1 is 1.18 bits per heavy atom. The molecule has 5 aliphatic carbocycles. The van der Waals surface area contributed by atoms with Crippen molar-refractivity contribution in [2.45, 2.75) is 87.6 Å². The summed E-state index contributed by atoms with van der Waals surface area (Å²) in [4.78, 5) is 17.0. The summed E-state index contributed by atoms with van der Waals surface area (Å²) in [7, 11) is 0. The third kappa shape index (κ3) is 4.79. The summed E-state index contributed by atoms with van der Waals surface area (Å²) in [6.07, 6.45) is -0.0640. The number of aromatic amines is 1. The van der Waals surface area contributed by atoms with E-state index in [1.165, 1.54) is 10.6 Å². The van der Waals surface area contributed by atoms with E-state index in [-0.39, 0.29) is 17.2 Å². The van der Waals surface area contributed by atoms with E-state index in [4.69, 9.17) is 4.74 Å². The van der Waals surface area contributed by atoms with Crippen LogP contribution in [0.1, 0.15) is 73.9 Å². The fourth-order valence-electron chi connectivity index (χ4n) is 6.05. The summed E-state index contributed by atoms with van der Waals surface area (Å²) in [5.41, 5.74) is 1.75. The van der Waals surface area contributed by atoms with Crippen molar-refractivity contribution in [3.8, 4) is 0 Å². The van der Waals surface area contributed by atoms with Gasteiger partial charge in [-0.25, -0.2) is 18.7 Å². The van der Waals surface area contributed by atoms with E-state index in [0.29, 0.717) is 41.6 Å². The second-order valence-electron chi connectivity index (χ2n) is 11.3. The Morgan fingerprint density at radius 3 is 2.67 bits per heavy atom. The van der Waals surface area contributed by atoms with Gasteiger partial charge in [-0.15, -0.1) is 13.2 Å². The zero-order valence-corrected chi connectivity index (χ0v) is 20.8. The smallest absolute Gasteiger partial charge is 0.443 e. The summed E-state index contributed by atoms with van der Waals surface area (Å²) in [5.74, 6) is 1.20. The van der Waals surface area contributed by atoms with Gasteiger partial charge >= 0.3 is 12.5 Å². The number of carbonyl (C=O) groups excluding carboxylic acids is 1. The van der Waals surface area contributed by atoms with E-state index < -0.39 is 37.3 Å². The number of hydrogen-bond donors (Lipinski definition) is 3. The predicted octanol–water partition coefficient (Wildman–Crippen LogP) is 4.97. The highest BCUT2D eigenvalue weighted by molar-refractivity contribution is 5.73. The highest BCUT2D eigenvalue weighted by Crippen LogP contribution is 2.57. The van der Waals surface area contributed by atoms with E-state index in [9.17, 15) is 18.0 Å². The first kappa shape index (κ1) is 24.6. The van der Waals surface area contributed by atoms with Crippen molar-refractivity contribution in [2.75, 3.05) is 5.32 Å². The van der Waals surface area contributed by atoms with E-state index in [1.54, 1.807) is 12.3 Å². The number of fused-ring (bicyclic) bond motifs is 1. The third-order valence-electron chi connectivity index (χ3n) is 8.31. The van der Waals surface area contributed by atoms with Crippen LogP contribution in [0.2, 0.25) is 0 Å². The lowest BCUT2D eigenvalue weighted by Crippen LogP contribution is -2.68. The van der Waals surface area contributed by atoms with Gasteiger partial charge in [0.1, 0.15) is 24.4 Å². The molecule has 39 heavy (non-hydrogen) atoms. The van der Waals surface area contributed by atoms with Crippen LogP contribution in [0.4, 0.5) is 34.0 Å². The zero-order valence-electron chi connectivity index (χ0n) is 20.8. The molecule has 5 saturated carbocycles. The van der Waals surface area contributed by atoms with Gasteiger partial charge in [0.05, 0.1) is 17.6 Å². The van der Waals surface area contributed by atoms with Gasteiger partial charge < -0.3 is 15.4 Å². The molecule has 2 bridgehead atoms. The van der Waals surface area contributed by atoms with E-state index in [2.05, 4.69) is 35.7 Å². The molecule has 3 aromatic rings. The van der Waals surface area contributed by atoms with Gasteiger partial charge in [0, 0.05) is 29.1 Å². The molecule has 208 valence electrons. The average molecular weight is 550 g/mol. The highest BCUT2D eigenvalue weighted by atomic mass is 19.4.